The highest BCUT2D eigenvalue weighted by atomic mass is 32.2. The summed E-state index contributed by atoms with van der Waals surface area (Å²) >= 11 is 0. The monoisotopic (exact) mass is 433 g/mol. The zero-order valence-electron chi connectivity index (χ0n) is 17.9. The van der Waals surface area contributed by atoms with Crippen molar-refractivity contribution in [2.24, 2.45) is 0 Å². The molecule has 30 heavy (non-hydrogen) atoms. The van der Waals surface area contributed by atoms with Crippen LogP contribution in [0.5, 0.6) is 11.5 Å². The van der Waals surface area contributed by atoms with Crippen LogP contribution in [-0.2, 0) is 10.0 Å². The van der Waals surface area contributed by atoms with Gasteiger partial charge in [0.05, 0.1) is 19.1 Å². The first kappa shape index (κ1) is 22.4. The van der Waals surface area contributed by atoms with Crippen molar-refractivity contribution in [3.05, 3.63) is 48.0 Å². The van der Waals surface area contributed by atoms with Crippen molar-refractivity contribution in [1.29, 1.82) is 0 Å². The minimum Gasteiger partial charge on any atom is -0.497 e. The van der Waals surface area contributed by atoms with Crippen LogP contribution in [0.2, 0.25) is 0 Å². The molecule has 1 fully saturated rings. The average Bonchev–Trinajstić information content (AvgIpc) is 2.77. The average molecular weight is 434 g/mol. The van der Waals surface area contributed by atoms with Gasteiger partial charge in [-0.25, -0.2) is 13.1 Å². The number of nitrogens with one attached hydrogen (secondary N) is 1. The van der Waals surface area contributed by atoms with E-state index in [1.54, 1.807) is 32.4 Å². The van der Waals surface area contributed by atoms with E-state index in [1.165, 1.54) is 5.69 Å². The van der Waals surface area contributed by atoms with Crippen molar-refractivity contribution in [1.82, 2.24) is 9.62 Å². The van der Waals surface area contributed by atoms with E-state index < -0.39 is 10.0 Å². The van der Waals surface area contributed by atoms with Crippen molar-refractivity contribution in [3.8, 4) is 11.5 Å². The summed E-state index contributed by atoms with van der Waals surface area (Å²) in [6.45, 7) is 7.00. The molecule has 164 valence electrons. The van der Waals surface area contributed by atoms with Crippen molar-refractivity contribution >= 4 is 15.7 Å². The molecule has 2 aromatic carbocycles. The third kappa shape index (κ3) is 5.65. The van der Waals surface area contributed by atoms with Gasteiger partial charge in [0.1, 0.15) is 11.5 Å². The van der Waals surface area contributed by atoms with E-state index in [4.69, 9.17) is 9.47 Å². The van der Waals surface area contributed by atoms with Crippen molar-refractivity contribution in [2.75, 3.05) is 58.4 Å². The number of ether oxygens (including phenoxy) is 2. The van der Waals surface area contributed by atoms with Gasteiger partial charge in [-0.3, -0.25) is 4.90 Å². The maximum Gasteiger partial charge on any atom is 0.240 e. The van der Waals surface area contributed by atoms with Gasteiger partial charge in [0.2, 0.25) is 10.0 Å². The van der Waals surface area contributed by atoms with E-state index in [2.05, 4.69) is 26.7 Å². The summed E-state index contributed by atoms with van der Waals surface area (Å²) in [7, 11) is -0.256. The van der Waals surface area contributed by atoms with E-state index in [0.29, 0.717) is 12.3 Å². The number of nitrogens with zero attached hydrogens (tertiary/aromatic N) is 2. The zero-order chi connectivity index (χ0) is 21.6. The quantitative estimate of drug-likeness (QED) is 0.613. The summed E-state index contributed by atoms with van der Waals surface area (Å²) < 4.78 is 38.1. The molecule has 8 heteroatoms. The fourth-order valence-corrected chi connectivity index (χ4v) is 4.79. The predicted molar refractivity (Wildman–Crippen MR) is 119 cm³/mol. The van der Waals surface area contributed by atoms with Crippen LogP contribution in [0.15, 0.2) is 47.4 Å². The van der Waals surface area contributed by atoms with Crippen LogP contribution in [0.25, 0.3) is 0 Å². The van der Waals surface area contributed by atoms with E-state index in [-0.39, 0.29) is 4.90 Å². The highest BCUT2D eigenvalue weighted by Gasteiger charge is 2.18. The van der Waals surface area contributed by atoms with Gasteiger partial charge in [-0.15, -0.1) is 0 Å². The first-order valence-electron chi connectivity index (χ1n) is 10.2. The Bertz CT molecular complexity index is 924. The summed E-state index contributed by atoms with van der Waals surface area (Å²) in [6.07, 6.45) is 0.775. The minimum absolute atomic E-state index is 0.272. The molecule has 1 aliphatic heterocycles. The lowest BCUT2D eigenvalue weighted by molar-refractivity contribution is 0.255. The first-order valence-corrected chi connectivity index (χ1v) is 11.7. The SMILES string of the molecule is COc1ccc(N2CCN(CCCNS(=O)(=O)c3ccc(OC)c(C)c3)CC2)cc1. The molecule has 0 saturated carbocycles. The Morgan fingerprint density at radius 1 is 0.967 bits per heavy atom. The van der Waals surface area contributed by atoms with Crippen molar-refractivity contribution < 1.29 is 17.9 Å². The lowest BCUT2D eigenvalue weighted by Crippen LogP contribution is -2.47. The molecule has 1 N–H and O–H groups in total. The van der Waals surface area contributed by atoms with E-state index in [1.807, 2.05) is 19.1 Å². The predicted octanol–water partition coefficient (Wildman–Crippen LogP) is 2.50. The molecule has 0 amide bonds. The molecule has 0 bridgehead atoms. The second kappa shape index (κ2) is 10.1. The minimum atomic E-state index is -3.50. The lowest BCUT2D eigenvalue weighted by Gasteiger charge is -2.36. The fourth-order valence-electron chi connectivity index (χ4n) is 3.63. The number of hydrogen-bond acceptors (Lipinski definition) is 6. The molecule has 1 saturated heterocycles. The Hall–Kier alpha value is -2.29. The standard InChI is InChI=1S/C22H31N3O4S/c1-18-17-21(9-10-22(18)29-3)30(26,27)23-11-4-12-24-13-15-25(16-14-24)19-5-7-20(28-2)8-6-19/h5-10,17,23H,4,11-16H2,1-3H3. The van der Waals surface area contributed by atoms with Gasteiger partial charge in [-0.05, 0) is 67.9 Å². The number of anilines is 1. The number of piperazine rings is 1. The smallest absolute Gasteiger partial charge is 0.240 e. The summed E-state index contributed by atoms with van der Waals surface area (Å²) in [6, 6.07) is 13.0. The van der Waals surface area contributed by atoms with Crippen LogP contribution >= 0.6 is 0 Å². The van der Waals surface area contributed by atoms with Gasteiger partial charge < -0.3 is 14.4 Å². The largest absolute Gasteiger partial charge is 0.497 e. The van der Waals surface area contributed by atoms with Crippen LogP contribution in [0, 0.1) is 6.92 Å². The van der Waals surface area contributed by atoms with Gasteiger partial charge in [-0.1, -0.05) is 0 Å². The van der Waals surface area contributed by atoms with E-state index in [9.17, 15) is 8.42 Å². The Morgan fingerprint density at radius 2 is 1.67 bits per heavy atom. The van der Waals surface area contributed by atoms with Crippen molar-refractivity contribution in [2.45, 2.75) is 18.2 Å². The number of methoxy groups -OCH3 is 2. The summed E-state index contributed by atoms with van der Waals surface area (Å²) in [5.74, 6) is 1.55. The highest BCUT2D eigenvalue weighted by molar-refractivity contribution is 7.89. The fraction of sp³-hybridized carbons (Fsp3) is 0.455. The molecular weight excluding hydrogens is 402 g/mol. The topological polar surface area (TPSA) is 71.1 Å². The molecule has 0 radical (unpaired) electrons. The van der Waals surface area contributed by atoms with Crippen LogP contribution in [-0.4, -0.2) is 66.8 Å². The Kier molecular flexibility index (Phi) is 7.58. The Labute approximate surface area is 179 Å². The van der Waals surface area contributed by atoms with Gasteiger partial charge >= 0.3 is 0 Å². The second-order valence-corrected chi connectivity index (χ2v) is 9.18. The van der Waals surface area contributed by atoms with E-state index in [0.717, 1.165) is 50.5 Å². The molecule has 0 spiro atoms. The molecule has 2 aromatic rings. The summed E-state index contributed by atoms with van der Waals surface area (Å²) in [5, 5.41) is 0. The summed E-state index contributed by atoms with van der Waals surface area (Å²) in [5.41, 5.74) is 2.01. The number of sulfonamides is 1. The van der Waals surface area contributed by atoms with Crippen LogP contribution in [0.4, 0.5) is 5.69 Å². The van der Waals surface area contributed by atoms with Gasteiger partial charge in [0.15, 0.2) is 0 Å². The third-order valence-electron chi connectivity index (χ3n) is 5.43. The van der Waals surface area contributed by atoms with E-state index >= 15 is 0 Å². The summed E-state index contributed by atoms with van der Waals surface area (Å²) in [4.78, 5) is 5.02. The van der Waals surface area contributed by atoms with Crippen LogP contribution in [0.3, 0.4) is 0 Å². The number of benzene rings is 2. The number of aryl methyl sites for hydroxylation is 1. The molecule has 1 heterocycles. The molecular formula is C22H31N3O4S. The lowest BCUT2D eigenvalue weighted by atomic mass is 10.2. The molecule has 3 rings (SSSR count). The first-order chi connectivity index (χ1) is 14.4. The zero-order valence-corrected chi connectivity index (χ0v) is 18.7. The number of rotatable bonds is 9. The highest BCUT2D eigenvalue weighted by Crippen LogP contribution is 2.22. The maximum atomic E-state index is 12.5. The second-order valence-electron chi connectivity index (χ2n) is 7.41. The number of hydrogen-bond donors (Lipinski definition) is 1. The molecule has 0 unspecified atom stereocenters. The van der Waals surface area contributed by atoms with Crippen molar-refractivity contribution in [3.63, 3.8) is 0 Å². The van der Waals surface area contributed by atoms with Gasteiger partial charge in [-0.2, -0.15) is 0 Å². The normalized spacial score (nSPS) is 15.2. The Morgan fingerprint density at radius 3 is 2.27 bits per heavy atom. The molecule has 0 atom stereocenters. The Balaban J connectivity index is 1.41. The molecule has 1 aliphatic rings. The molecule has 0 aromatic heterocycles. The van der Waals surface area contributed by atoms with Crippen LogP contribution in [0.1, 0.15) is 12.0 Å². The van der Waals surface area contributed by atoms with Gasteiger partial charge in [0.25, 0.3) is 0 Å². The molecule has 0 aliphatic carbocycles. The van der Waals surface area contributed by atoms with Crippen LogP contribution < -0.4 is 19.1 Å². The maximum absolute atomic E-state index is 12.5. The third-order valence-corrected chi connectivity index (χ3v) is 6.89. The molecule has 7 nitrogen and oxygen atoms in total. The van der Waals surface area contributed by atoms with Gasteiger partial charge in [0, 0.05) is 38.4 Å².